The molecule has 0 bridgehead atoms. The zero-order chi connectivity index (χ0) is 25.2. The summed E-state index contributed by atoms with van der Waals surface area (Å²) >= 11 is 3.55. The van der Waals surface area contributed by atoms with Gasteiger partial charge in [-0.25, -0.2) is 0 Å². The summed E-state index contributed by atoms with van der Waals surface area (Å²) in [5.41, 5.74) is 3.53. The van der Waals surface area contributed by atoms with Crippen molar-refractivity contribution in [2.24, 2.45) is 5.92 Å². The molecular weight excluding hydrogens is 484 g/mol. The molecule has 1 aliphatic carbocycles. The van der Waals surface area contributed by atoms with E-state index in [1.54, 1.807) is 22.7 Å². The molecule has 36 heavy (non-hydrogen) atoms. The first-order valence-electron chi connectivity index (χ1n) is 13.4. The molecule has 1 aromatic carbocycles. The normalized spacial score (nSPS) is 19.5. The molecule has 0 radical (unpaired) electrons. The molecule has 1 saturated carbocycles. The van der Waals surface area contributed by atoms with E-state index in [4.69, 9.17) is 0 Å². The van der Waals surface area contributed by atoms with Gasteiger partial charge in [-0.2, -0.15) is 22.7 Å². The first kappa shape index (κ1) is 25.7. The topological polar surface area (TPSA) is 40.5 Å². The van der Waals surface area contributed by atoms with Gasteiger partial charge in [-0.05, 0) is 62.7 Å². The first-order valence-corrected chi connectivity index (χ1v) is 15.3. The molecule has 6 heteroatoms. The highest BCUT2D eigenvalue weighted by Gasteiger charge is 2.49. The maximum absolute atomic E-state index is 13.9. The van der Waals surface area contributed by atoms with Crippen LogP contribution in [0.4, 0.5) is 0 Å². The van der Waals surface area contributed by atoms with Crippen molar-refractivity contribution >= 4 is 28.6 Å². The molecule has 192 valence electrons. The summed E-state index contributed by atoms with van der Waals surface area (Å²) in [5.74, 6) is -0.0663. The number of likely N-dealkylation sites (N-methyl/N-ethyl adjacent to an activating group) is 1. The van der Waals surface area contributed by atoms with Crippen molar-refractivity contribution < 1.29 is 14.4 Å². The Labute approximate surface area is 223 Å². The number of thiophene rings is 2. The Morgan fingerprint density at radius 3 is 2.39 bits per heavy atom. The maximum Gasteiger partial charge on any atom is 0.259 e. The van der Waals surface area contributed by atoms with Crippen molar-refractivity contribution in [1.82, 2.24) is 4.90 Å². The van der Waals surface area contributed by atoms with Crippen molar-refractivity contribution in [1.29, 1.82) is 0 Å². The molecule has 1 amide bonds. The van der Waals surface area contributed by atoms with Crippen molar-refractivity contribution in [3.05, 3.63) is 69.0 Å². The molecule has 2 aliphatic rings. The number of likely N-dealkylation sites (tertiary alicyclic amines) is 1. The van der Waals surface area contributed by atoms with Crippen LogP contribution in [-0.4, -0.2) is 60.2 Å². The molecule has 2 fully saturated rings. The summed E-state index contributed by atoms with van der Waals surface area (Å²) in [4.78, 5) is 15.8. The second kappa shape index (κ2) is 10.8. The van der Waals surface area contributed by atoms with Gasteiger partial charge in [-0.3, -0.25) is 4.79 Å². The van der Waals surface area contributed by atoms with E-state index < -0.39 is 5.60 Å². The van der Waals surface area contributed by atoms with Crippen LogP contribution in [0.2, 0.25) is 0 Å². The lowest BCUT2D eigenvalue weighted by atomic mass is 9.78. The van der Waals surface area contributed by atoms with Crippen LogP contribution in [0.5, 0.6) is 0 Å². The summed E-state index contributed by atoms with van der Waals surface area (Å²) in [7, 11) is 4.69. The minimum Gasteiger partial charge on any atom is -0.375 e. The van der Waals surface area contributed by atoms with E-state index in [-0.39, 0.29) is 11.8 Å². The van der Waals surface area contributed by atoms with Crippen LogP contribution in [0.25, 0.3) is 11.1 Å². The SMILES string of the molecule is C[N+](C)(CCc1cscc1-c1ccsc1)C1CCN(C(=O)[C@](O)(c2ccccc2)C2CCCC2)CC1. The monoisotopic (exact) mass is 523 g/mol. The molecule has 3 aromatic rings. The Bertz CT molecular complexity index is 1130. The quantitative estimate of drug-likeness (QED) is 0.359. The molecule has 1 aliphatic heterocycles. The number of benzene rings is 1. The minimum atomic E-state index is -1.40. The van der Waals surface area contributed by atoms with Crippen LogP contribution in [0.15, 0.2) is 57.9 Å². The number of nitrogens with zero attached hydrogens (tertiary/aromatic N) is 2. The van der Waals surface area contributed by atoms with Gasteiger partial charge >= 0.3 is 0 Å². The summed E-state index contributed by atoms with van der Waals surface area (Å²) in [6.45, 7) is 2.54. The van der Waals surface area contributed by atoms with Crippen LogP contribution in [0, 0.1) is 5.92 Å². The fraction of sp³-hybridized carbons (Fsp3) is 0.500. The molecule has 2 aromatic heterocycles. The summed E-state index contributed by atoms with van der Waals surface area (Å²) < 4.78 is 0.965. The molecular formula is C30H39N2O2S2+. The number of hydrogen-bond donors (Lipinski definition) is 1. The second-order valence-electron chi connectivity index (χ2n) is 11.2. The number of carbonyl (C=O) groups is 1. The highest BCUT2D eigenvalue weighted by molar-refractivity contribution is 7.09. The van der Waals surface area contributed by atoms with Crippen LogP contribution >= 0.6 is 22.7 Å². The number of piperidine rings is 1. The van der Waals surface area contributed by atoms with E-state index >= 15 is 0 Å². The smallest absolute Gasteiger partial charge is 0.259 e. The molecule has 0 unspecified atom stereocenters. The molecule has 1 N–H and O–H groups in total. The van der Waals surface area contributed by atoms with Gasteiger partial charge in [0, 0.05) is 38.3 Å². The van der Waals surface area contributed by atoms with Gasteiger partial charge in [0.25, 0.3) is 5.91 Å². The molecule has 5 rings (SSSR count). The van der Waals surface area contributed by atoms with Crippen LogP contribution in [0.3, 0.4) is 0 Å². The van der Waals surface area contributed by atoms with Crippen molar-refractivity contribution in [2.45, 2.75) is 56.6 Å². The molecule has 1 saturated heterocycles. The summed E-state index contributed by atoms with van der Waals surface area (Å²) in [5, 5.41) is 20.9. The van der Waals surface area contributed by atoms with E-state index in [0.717, 1.165) is 74.6 Å². The van der Waals surface area contributed by atoms with Gasteiger partial charge in [0.2, 0.25) is 0 Å². The largest absolute Gasteiger partial charge is 0.375 e. The van der Waals surface area contributed by atoms with Crippen molar-refractivity contribution in [3.8, 4) is 11.1 Å². The van der Waals surface area contributed by atoms with Crippen molar-refractivity contribution in [3.63, 3.8) is 0 Å². The molecule has 3 heterocycles. The Balaban J connectivity index is 1.23. The average molecular weight is 524 g/mol. The highest BCUT2D eigenvalue weighted by atomic mass is 32.1. The summed E-state index contributed by atoms with van der Waals surface area (Å²) in [6, 6.07) is 12.4. The number of carbonyl (C=O) groups excluding carboxylic acids is 1. The van der Waals surface area contributed by atoms with Gasteiger partial charge in [-0.1, -0.05) is 43.2 Å². The van der Waals surface area contributed by atoms with Crippen LogP contribution in [-0.2, 0) is 16.8 Å². The third kappa shape index (κ3) is 5.06. The minimum absolute atomic E-state index is 0.0142. The van der Waals surface area contributed by atoms with Gasteiger partial charge in [-0.15, -0.1) is 0 Å². The fourth-order valence-electron chi connectivity index (χ4n) is 6.36. The lowest BCUT2D eigenvalue weighted by Gasteiger charge is -2.45. The van der Waals surface area contributed by atoms with E-state index in [1.807, 2.05) is 35.2 Å². The van der Waals surface area contributed by atoms with Gasteiger partial charge < -0.3 is 14.5 Å². The van der Waals surface area contributed by atoms with Gasteiger partial charge in [0.1, 0.15) is 0 Å². The van der Waals surface area contributed by atoms with E-state index in [2.05, 4.69) is 41.7 Å². The fourth-order valence-corrected chi connectivity index (χ4v) is 7.91. The molecule has 4 nitrogen and oxygen atoms in total. The zero-order valence-corrected chi connectivity index (χ0v) is 23.2. The molecule has 0 spiro atoms. The predicted octanol–water partition coefficient (Wildman–Crippen LogP) is 6.16. The van der Waals surface area contributed by atoms with Gasteiger partial charge in [0.05, 0.1) is 26.7 Å². The molecule has 1 atom stereocenters. The zero-order valence-electron chi connectivity index (χ0n) is 21.6. The van der Waals surface area contributed by atoms with Crippen LogP contribution in [0.1, 0.15) is 49.7 Å². The number of amides is 1. The van der Waals surface area contributed by atoms with Crippen molar-refractivity contribution in [2.75, 3.05) is 33.7 Å². The Hall–Kier alpha value is -1.99. The number of hydrogen-bond acceptors (Lipinski definition) is 4. The Kier molecular flexibility index (Phi) is 7.68. The summed E-state index contributed by atoms with van der Waals surface area (Å²) in [6.07, 6.45) is 7.07. The highest BCUT2D eigenvalue weighted by Crippen LogP contribution is 2.42. The predicted molar refractivity (Wildman–Crippen MR) is 150 cm³/mol. The standard InChI is InChI=1S/C30H39N2O2S2/c1-32(2,18-14-23-21-36-22-28(23)24-15-19-35-20-24)27-12-16-31(17-13-27)29(33)30(34,26-10-6-7-11-26)25-8-4-3-5-9-25/h3-5,8-9,15,19-22,26-27,34H,6-7,10-14,16-18H2,1-2H3/q+1/t30-/m0/s1. The van der Waals surface area contributed by atoms with Crippen LogP contribution < -0.4 is 0 Å². The third-order valence-electron chi connectivity index (χ3n) is 8.76. The van der Waals surface area contributed by atoms with Gasteiger partial charge in [0.15, 0.2) is 5.60 Å². The lowest BCUT2D eigenvalue weighted by molar-refractivity contribution is -0.916. The third-order valence-corrected chi connectivity index (χ3v) is 10.2. The maximum atomic E-state index is 13.9. The number of rotatable bonds is 8. The average Bonchev–Trinajstić information content (AvgIpc) is 3.70. The second-order valence-corrected chi connectivity index (χ2v) is 12.7. The van der Waals surface area contributed by atoms with E-state index in [9.17, 15) is 9.90 Å². The Morgan fingerprint density at radius 1 is 1.00 bits per heavy atom. The first-order chi connectivity index (χ1) is 17.4. The number of aliphatic hydroxyl groups is 1. The number of quaternary nitrogens is 1. The lowest BCUT2D eigenvalue weighted by Crippen LogP contribution is -2.58. The van der Waals surface area contributed by atoms with E-state index in [1.165, 1.54) is 16.7 Å². The van der Waals surface area contributed by atoms with E-state index in [0.29, 0.717) is 6.04 Å². The Morgan fingerprint density at radius 2 is 1.72 bits per heavy atom.